The Hall–Kier alpha value is -0.0800. The molecule has 0 aromatic carbocycles. The normalized spacial score (nSPS) is 29.5. The summed E-state index contributed by atoms with van der Waals surface area (Å²) in [7, 11) is 4.43. The average molecular weight is 184 g/mol. The SMILES string of the molecule is CN(C)C1CCCCC1CCCN. The minimum absolute atomic E-state index is 0.820. The summed E-state index contributed by atoms with van der Waals surface area (Å²) < 4.78 is 0. The molecule has 2 nitrogen and oxygen atoms in total. The van der Waals surface area contributed by atoms with Crippen LogP contribution in [0.2, 0.25) is 0 Å². The van der Waals surface area contributed by atoms with Crippen molar-refractivity contribution in [3.8, 4) is 0 Å². The molecule has 78 valence electrons. The molecule has 0 radical (unpaired) electrons. The second kappa shape index (κ2) is 5.61. The van der Waals surface area contributed by atoms with E-state index in [1.54, 1.807) is 0 Å². The number of nitrogens with two attached hydrogens (primary N) is 1. The minimum atomic E-state index is 0.820. The van der Waals surface area contributed by atoms with Gasteiger partial charge in [0.15, 0.2) is 0 Å². The van der Waals surface area contributed by atoms with Crippen LogP contribution >= 0.6 is 0 Å². The lowest BCUT2D eigenvalue weighted by Crippen LogP contribution is -2.37. The standard InChI is InChI=1S/C11H24N2/c1-13(2)11-8-4-3-6-10(11)7-5-9-12/h10-11H,3-9,12H2,1-2H3. The molecule has 2 unspecified atom stereocenters. The van der Waals surface area contributed by atoms with Crippen LogP contribution in [0.3, 0.4) is 0 Å². The number of hydrogen-bond donors (Lipinski definition) is 1. The molecule has 1 saturated carbocycles. The first-order valence-corrected chi connectivity index (χ1v) is 5.62. The van der Waals surface area contributed by atoms with Gasteiger partial charge in [-0.25, -0.2) is 0 Å². The summed E-state index contributed by atoms with van der Waals surface area (Å²) in [6, 6.07) is 0.820. The lowest BCUT2D eigenvalue weighted by Gasteiger charge is -2.36. The molecule has 1 fully saturated rings. The zero-order valence-electron chi connectivity index (χ0n) is 9.13. The van der Waals surface area contributed by atoms with Gasteiger partial charge in [-0.1, -0.05) is 12.8 Å². The van der Waals surface area contributed by atoms with Gasteiger partial charge in [0, 0.05) is 6.04 Å². The summed E-state index contributed by atoms with van der Waals surface area (Å²) in [5.74, 6) is 0.910. The topological polar surface area (TPSA) is 29.3 Å². The number of hydrogen-bond acceptors (Lipinski definition) is 2. The maximum atomic E-state index is 5.55. The number of rotatable bonds is 4. The van der Waals surface area contributed by atoms with E-state index in [0.717, 1.165) is 18.5 Å². The van der Waals surface area contributed by atoms with Gasteiger partial charge in [0.2, 0.25) is 0 Å². The molecule has 1 rings (SSSR count). The van der Waals surface area contributed by atoms with E-state index in [9.17, 15) is 0 Å². The molecule has 0 aromatic heterocycles. The fraction of sp³-hybridized carbons (Fsp3) is 1.00. The highest BCUT2D eigenvalue weighted by atomic mass is 15.1. The molecule has 0 bridgehead atoms. The predicted molar refractivity (Wildman–Crippen MR) is 57.7 cm³/mol. The van der Waals surface area contributed by atoms with Crippen molar-refractivity contribution in [2.45, 2.75) is 44.6 Å². The molecule has 13 heavy (non-hydrogen) atoms. The molecule has 0 aromatic rings. The van der Waals surface area contributed by atoms with Crippen molar-refractivity contribution in [3.63, 3.8) is 0 Å². The van der Waals surface area contributed by atoms with Gasteiger partial charge >= 0.3 is 0 Å². The van der Waals surface area contributed by atoms with Gasteiger partial charge in [-0.05, 0) is 52.2 Å². The van der Waals surface area contributed by atoms with Crippen LogP contribution in [0.4, 0.5) is 0 Å². The lowest BCUT2D eigenvalue weighted by molar-refractivity contribution is 0.147. The van der Waals surface area contributed by atoms with E-state index in [1.807, 2.05) is 0 Å². The summed E-state index contributed by atoms with van der Waals surface area (Å²) in [5.41, 5.74) is 5.55. The van der Waals surface area contributed by atoms with E-state index in [1.165, 1.54) is 38.5 Å². The van der Waals surface area contributed by atoms with Crippen LogP contribution in [0.25, 0.3) is 0 Å². The van der Waals surface area contributed by atoms with E-state index in [0.29, 0.717) is 0 Å². The molecule has 2 N–H and O–H groups in total. The van der Waals surface area contributed by atoms with E-state index < -0.39 is 0 Å². The summed E-state index contributed by atoms with van der Waals surface area (Å²) in [4.78, 5) is 2.40. The van der Waals surface area contributed by atoms with E-state index in [4.69, 9.17) is 5.73 Å². The Balaban J connectivity index is 2.37. The molecule has 2 atom stereocenters. The van der Waals surface area contributed by atoms with Gasteiger partial charge < -0.3 is 10.6 Å². The molecule has 0 amide bonds. The molecule has 2 heteroatoms. The summed E-state index contributed by atoms with van der Waals surface area (Å²) in [6.07, 6.45) is 8.20. The molecule has 0 aliphatic heterocycles. The first-order valence-electron chi connectivity index (χ1n) is 5.62. The first-order chi connectivity index (χ1) is 6.25. The largest absolute Gasteiger partial charge is 0.330 e. The van der Waals surface area contributed by atoms with Crippen molar-refractivity contribution in [3.05, 3.63) is 0 Å². The Bertz CT molecular complexity index is 134. The van der Waals surface area contributed by atoms with Crippen molar-refractivity contribution in [2.24, 2.45) is 11.7 Å². The van der Waals surface area contributed by atoms with Gasteiger partial charge in [0.05, 0.1) is 0 Å². The van der Waals surface area contributed by atoms with E-state index >= 15 is 0 Å². The second-order valence-corrected chi connectivity index (χ2v) is 4.51. The van der Waals surface area contributed by atoms with Gasteiger partial charge in [0.1, 0.15) is 0 Å². The monoisotopic (exact) mass is 184 g/mol. The maximum Gasteiger partial charge on any atom is 0.0117 e. The Morgan fingerprint density at radius 1 is 1.23 bits per heavy atom. The Morgan fingerprint density at radius 3 is 2.54 bits per heavy atom. The second-order valence-electron chi connectivity index (χ2n) is 4.51. The van der Waals surface area contributed by atoms with Crippen molar-refractivity contribution in [1.82, 2.24) is 4.90 Å². The van der Waals surface area contributed by atoms with Crippen LogP contribution in [0.1, 0.15) is 38.5 Å². The van der Waals surface area contributed by atoms with Gasteiger partial charge in [-0.2, -0.15) is 0 Å². The zero-order valence-corrected chi connectivity index (χ0v) is 9.13. The highest BCUT2D eigenvalue weighted by Crippen LogP contribution is 2.30. The maximum absolute atomic E-state index is 5.55. The summed E-state index contributed by atoms with van der Waals surface area (Å²) in [5, 5.41) is 0. The quantitative estimate of drug-likeness (QED) is 0.722. The third kappa shape index (κ3) is 3.28. The van der Waals surface area contributed by atoms with Crippen LogP contribution in [0.5, 0.6) is 0 Å². The molecular weight excluding hydrogens is 160 g/mol. The van der Waals surface area contributed by atoms with Crippen molar-refractivity contribution in [2.75, 3.05) is 20.6 Å². The molecule has 1 aliphatic carbocycles. The third-order valence-electron chi connectivity index (χ3n) is 3.31. The van der Waals surface area contributed by atoms with Crippen LogP contribution in [0, 0.1) is 5.92 Å². The van der Waals surface area contributed by atoms with Crippen molar-refractivity contribution in [1.29, 1.82) is 0 Å². The fourth-order valence-electron chi connectivity index (χ4n) is 2.58. The lowest BCUT2D eigenvalue weighted by atomic mass is 9.81. The molecule has 0 saturated heterocycles. The highest BCUT2D eigenvalue weighted by molar-refractivity contribution is 4.80. The predicted octanol–water partition coefficient (Wildman–Crippen LogP) is 1.85. The molecule has 0 heterocycles. The van der Waals surface area contributed by atoms with Gasteiger partial charge in [0.25, 0.3) is 0 Å². The Kier molecular flexibility index (Phi) is 4.74. The average Bonchev–Trinajstić information content (AvgIpc) is 2.15. The first kappa shape index (κ1) is 11.0. The van der Waals surface area contributed by atoms with Gasteiger partial charge in [-0.15, -0.1) is 0 Å². The minimum Gasteiger partial charge on any atom is -0.330 e. The Morgan fingerprint density at radius 2 is 1.92 bits per heavy atom. The zero-order chi connectivity index (χ0) is 9.68. The Labute approximate surface area is 82.5 Å². The molecule has 0 spiro atoms. The summed E-state index contributed by atoms with van der Waals surface area (Å²) >= 11 is 0. The van der Waals surface area contributed by atoms with Crippen molar-refractivity contribution >= 4 is 0 Å². The van der Waals surface area contributed by atoms with E-state index in [2.05, 4.69) is 19.0 Å². The van der Waals surface area contributed by atoms with Crippen LogP contribution in [-0.4, -0.2) is 31.6 Å². The highest BCUT2D eigenvalue weighted by Gasteiger charge is 2.25. The summed E-state index contributed by atoms with van der Waals surface area (Å²) in [6.45, 7) is 0.858. The van der Waals surface area contributed by atoms with E-state index in [-0.39, 0.29) is 0 Å². The molecule has 1 aliphatic rings. The van der Waals surface area contributed by atoms with Crippen LogP contribution in [-0.2, 0) is 0 Å². The molecular formula is C11H24N2. The smallest absolute Gasteiger partial charge is 0.0117 e. The third-order valence-corrected chi connectivity index (χ3v) is 3.31. The fourth-order valence-corrected chi connectivity index (χ4v) is 2.58. The number of nitrogens with zero attached hydrogens (tertiary/aromatic N) is 1. The van der Waals surface area contributed by atoms with Crippen LogP contribution < -0.4 is 5.73 Å². The van der Waals surface area contributed by atoms with Gasteiger partial charge in [-0.3, -0.25) is 0 Å². The van der Waals surface area contributed by atoms with Crippen LogP contribution in [0.15, 0.2) is 0 Å². The van der Waals surface area contributed by atoms with Crippen molar-refractivity contribution < 1.29 is 0 Å².